The number of benzene rings is 1. The predicted octanol–water partition coefficient (Wildman–Crippen LogP) is 4.31. The number of rotatable bonds is 4. The average molecular weight is 343 g/mol. The lowest BCUT2D eigenvalue weighted by atomic mass is 10.1. The van der Waals surface area contributed by atoms with Crippen molar-refractivity contribution in [3.05, 3.63) is 50.4 Å². The summed E-state index contributed by atoms with van der Waals surface area (Å²) in [7, 11) is 1.99. The number of anilines is 1. The molecule has 0 unspecified atom stereocenters. The van der Waals surface area contributed by atoms with Crippen LogP contribution in [0.5, 0.6) is 0 Å². The molecule has 19 heavy (non-hydrogen) atoms. The van der Waals surface area contributed by atoms with Gasteiger partial charge in [0.15, 0.2) is 0 Å². The van der Waals surface area contributed by atoms with Crippen LogP contribution in [-0.4, -0.2) is 7.05 Å². The van der Waals surface area contributed by atoms with Gasteiger partial charge in [-0.3, -0.25) is 0 Å². The Balaban J connectivity index is 2.25. The maximum atomic E-state index is 13.3. The molecule has 102 valence electrons. The molecule has 1 aromatic carbocycles. The van der Waals surface area contributed by atoms with Gasteiger partial charge in [-0.1, -0.05) is 0 Å². The summed E-state index contributed by atoms with van der Waals surface area (Å²) in [4.78, 5) is 3.34. The normalized spacial score (nSPS) is 12.5. The van der Waals surface area contributed by atoms with Gasteiger partial charge in [0.1, 0.15) is 5.82 Å². The SMILES string of the molecule is C[C@@H](N)c1cc(F)ccc1N(C)Cc1cc(Br)cs1. The zero-order chi connectivity index (χ0) is 14.0. The Labute approximate surface area is 125 Å². The van der Waals surface area contributed by atoms with Gasteiger partial charge in [0, 0.05) is 33.5 Å². The molecule has 2 nitrogen and oxygen atoms in total. The van der Waals surface area contributed by atoms with Crippen LogP contribution in [0.1, 0.15) is 23.4 Å². The topological polar surface area (TPSA) is 29.3 Å². The van der Waals surface area contributed by atoms with E-state index in [1.807, 2.05) is 14.0 Å². The van der Waals surface area contributed by atoms with Gasteiger partial charge in [-0.2, -0.15) is 0 Å². The average Bonchev–Trinajstić information content (AvgIpc) is 2.74. The molecule has 2 aromatic rings. The summed E-state index contributed by atoms with van der Waals surface area (Å²) < 4.78 is 14.4. The molecule has 5 heteroatoms. The second-order valence-corrected chi connectivity index (χ2v) is 6.49. The van der Waals surface area contributed by atoms with E-state index in [1.165, 1.54) is 17.0 Å². The van der Waals surface area contributed by atoms with Crippen LogP contribution in [-0.2, 0) is 6.54 Å². The first kappa shape index (κ1) is 14.5. The first-order valence-corrected chi connectivity index (χ1v) is 7.63. The minimum atomic E-state index is -0.247. The first-order chi connectivity index (χ1) is 8.97. The van der Waals surface area contributed by atoms with Crippen molar-refractivity contribution >= 4 is 33.0 Å². The van der Waals surface area contributed by atoms with Crippen LogP contribution in [0.15, 0.2) is 34.1 Å². The van der Waals surface area contributed by atoms with Crippen LogP contribution in [0.4, 0.5) is 10.1 Å². The van der Waals surface area contributed by atoms with Gasteiger partial charge in [0.2, 0.25) is 0 Å². The molecule has 0 fully saturated rings. The molecule has 1 atom stereocenters. The molecule has 0 spiro atoms. The molecular weight excluding hydrogens is 327 g/mol. The second kappa shape index (κ2) is 6.03. The Morgan fingerprint density at radius 3 is 2.74 bits per heavy atom. The van der Waals surface area contributed by atoms with E-state index < -0.39 is 0 Å². The smallest absolute Gasteiger partial charge is 0.123 e. The number of hydrogen-bond donors (Lipinski definition) is 1. The van der Waals surface area contributed by atoms with E-state index in [0.29, 0.717) is 0 Å². The van der Waals surface area contributed by atoms with E-state index in [1.54, 1.807) is 17.4 Å². The summed E-state index contributed by atoms with van der Waals surface area (Å²) in [6.45, 7) is 2.65. The van der Waals surface area contributed by atoms with E-state index in [4.69, 9.17) is 5.73 Å². The van der Waals surface area contributed by atoms with Gasteiger partial charge in [-0.15, -0.1) is 11.3 Å². The molecular formula is C14H16BrFN2S. The van der Waals surface area contributed by atoms with Crippen LogP contribution in [0, 0.1) is 5.82 Å². The van der Waals surface area contributed by atoms with Crippen molar-refractivity contribution in [2.75, 3.05) is 11.9 Å². The van der Waals surface area contributed by atoms with E-state index in [-0.39, 0.29) is 11.9 Å². The van der Waals surface area contributed by atoms with E-state index in [2.05, 4.69) is 32.3 Å². The van der Waals surface area contributed by atoms with E-state index in [9.17, 15) is 4.39 Å². The molecule has 0 amide bonds. The molecule has 2 rings (SSSR count). The van der Waals surface area contributed by atoms with Crippen LogP contribution in [0.25, 0.3) is 0 Å². The molecule has 0 aliphatic carbocycles. The van der Waals surface area contributed by atoms with Crippen LogP contribution in [0.3, 0.4) is 0 Å². The monoisotopic (exact) mass is 342 g/mol. The molecule has 0 saturated heterocycles. The lowest BCUT2D eigenvalue weighted by Crippen LogP contribution is -2.19. The maximum Gasteiger partial charge on any atom is 0.123 e. The maximum absolute atomic E-state index is 13.3. The Morgan fingerprint density at radius 2 is 2.16 bits per heavy atom. The fourth-order valence-electron chi connectivity index (χ4n) is 1.99. The summed E-state index contributed by atoms with van der Waals surface area (Å²) in [6, 6.07) is 6.68. The zero-order valence-electron chi connectivity index (χ0n) is 10.9. The van der Waals surface area contributed by atoms with Crippen LogP contribution in [0.2, 0.25) is 0 Å². The summed E-state index contributed by atoms with van der Waals surface area (Å²) in [5, 5.41) is 2.06. The molecule has 0 aliphatic rings. The predicted molar refractivity (Wildman–Crippen MR) is 83.1 cm³/mol. The van der Waals surface area contributed by atoms with Crippen molar-refractivity contribution in [1.29, 1.82) is 0 Å². The largest absolute Gasteiger partial charge is 0.369 e. The molecule has 0 bridgehead atoms. The third kappa shape index (κ3) is 3.55. The summed E-state index contributed by atoms with van der Waals surface area (Å²) in [5.74, 6) is -0.247. The Morgan fingerprint density at radius 1 is 1.42 bits per heavy atom. The minimum Gasteiger partial charge on any atom is -0.369 e. The van der Waals surface area contributed by atoms with Gasteiger partial charge < -0.3 is 10.6 Å². The highest BCUT2D eigenvalue weighted by Crippen LogP contribution is 2.28. The van der Waals surface area contributed by atoms with Gasteiger partial charge >= 0.3 is 0 Å². The van der Waals surface area contributed by atoms with Crippen LogP contribution < -0.4 is 10.6 Å². The van der Waals surface area contributed by atoms with Crippen molar-refractivity contribution < 1.29 is 4.39 Å². The third-order valence-corrected chi connectivity index (χ3v) is 4.59. The lowest BCUT2D eigenvalue weighted by molar-refractivity contribution is 0.622. The van der Waals surface area contributed by atoms with E-state index in [0.717, 1.165) is 22.3 Å². The van der Waals surface area contributed by atoms with Crippen molar-refractivity contribution in [3.8, 4) is 0 Å². The summed E-state index contributed by atoms with van der Waals surface area (Å²) >= 11 is 5.14. The zero-order valence-corrected chi connectivity index (χ0v) is 13.3. The van der Waals surface area contributed by atoms with Crippen molar-refractivity contribution in [1.82, 2.24) is 0 Å². The molecule has 1 aromatic heterocycles. The second-order valence-electron chi connectivity index (χ2n) is 4.58. The fourth-order valence-corrected chi connectivity index (χ4v) is 3.50. The lowest BCUT2D eigenvalue weighted by Gasteiger charge is -2.23. The molecule has 0 radical (unpaired) electrons. The van der Waals surface area contributed by atoms with Crippen LogP contribution >= 0.6 is 27.3 Å². The Bertz CT molecular complexity index is 568. The number of nitrogens with zero attached hydrogens (tertiary/aromatic N) is 1. The van der Waals surface area contributed by atoms with Gasteiger partial charge in [-0.25, -0.2) is 4.39 Å². The standard InChI is InChI=1S/C14H16BrFN2S/c1-9(17)13-6-11(16)3-4-14(13)18(2)7-12-5-10(15)8-19-12/h3-6,8-9H,7,17H2,1-2H3/t9-/m1/s1. The molecule has 0 saturated carbocycles. The molecule has 2 N–H and O–H groups in total. The highest BCUT2D eigenvalue weighted by Gasteiger charge is 2.13. The fraction of sp³-hybridized carbons (Fsp3) is 0.286. The highest BCUT2D eigenvalue weighted by atomic mass is 79.9. The van der Waals surface area contributed by atoms with Crippen molar-refractivity contribution in [2.24, 2.45) is 5.73 Å². The summed E-state index contributed by atoms with van der Waals surface area (Å²) in [6.07, 6.45) is 0. The minimum absolute atomic E-state index is 0.191. The van der Waals surface area contributed by atoms with Gasteiger partial charge in [0.05, 0.1) is 6.54 Å². The van der Waals surface area contributed by atoms with Crippen molar-refractivity contribution in [2.45, 2.75) is 19.5 Å². The summed E-state index contributed by atoms with van der Waals surface area (Å²) in [5.41, 5.74) is 7.73. The van der Waals surface area contributed by atoms with Gasteiger partial charge in [0.25, 0.3) is 0 Å². The number of nitrogens with two attached hydrogens (primary N) is 1. The number of halogens is 2. The quantitative estimate of drug-likeness (QED) is 0.897. The van der Waals surface area contributed by atoms with E-state index >= 15 is 0 Å². The first-order valence-electron chi connectivity index (χ1n) is 5.96. The Hall–Kier alpha value is -0.910. The molecule has 0 aliphatic heterocycles. The van der Waals surface area contributed by atoms with Gasteiger partial charge in [-0.05, 0) is 52.7 Å². The number of thiophene rings is 1. The molecule has 1 heterocycles. The Kier molecular flexibility index (Phi) is 4.60. The number of hydrogen-bond acceptors (Lipinski definition) is 3. The highest BCUT2D eigenvalue weighted by molar-refractivity contribution is 9.10. The third-order valence-electron chi connectivity index (χ3n) is 2.91. The van der Waals surface area contributed by atoms with Crippen molar-refractivity contribution in [3.63, 3.8) is 0 Å².